The van der Waals surface area contributed by atoms with E-state index in [2.05, 4.69) is 83.1 Å². The van der Waals surface area contributed by atoms with Crippen molar-refractivity contribution in [1.82, 2.24) is 14.9 Å². The highest BCUT2D eigenvalue weighted by Crippen LogP contribution is 2.41. The molecule has 0 radical (unpaired) electrons. The van der Waals surface area contributed by atoms with Crippen molar-refractivity contribution in [3.05, 3.63) is 83.4 Å². The molecular weight excluding hydrogens is 340 g/mol. The highest BCUT2D eigenvalue weighted by atomic mass is 32.1. The number of nitrogens with zero attached hydrogens (tertiary/aromatic N) is 3. The summed E-state index contributed by atoms with van der Waals surface area (Å²) in [6.07, 6.45) is 1.84. The van der Waals surface area contributed by atoms with Gasteiger partial charge in [0.2, 0.25) is 0 Å². The number of hydrogen-bond donors (Lipinski definition) is 1. The van der Waals surface area contributed by atoms with E-state index in [-0.39, 0.29) is 12.1 Å². The van der Waals surface area contributed by atoms with Crippen molar-refractivity contribution >= 4 is 23.0 Å². The molecule has 1 aliphatic heterocycles. The molecule has 1 aromatic carbocycles. The van der Waals surface area contributed by atoms with Crippen LogP contribution >= 0.6 is 12.2 Å². The van der Waals surface area contributed by atoms with Crippen LogP contribution in [0.15, 0.2) is 60.8 Å². The molecular formula is C21H22N4S. The van der Waals surface area contributed by atoms with Crippen molar-refractivity contribution in [2.75, 3.05) is 4.90 Å². The minimum Gasteiger partial charge on any atom is -0.351 e. The number of hydrogen-bond acceptors (Lipinski definition) is 2. The average Bonchev–Trinajstić information content (AvgIpc) is 3.15. The molecule has 0 saturated carbocycles. The molecule has 3 aromatic rings. The molecule has 1 aliphatic rings. The Bertz CT molecular complexity index is 948. The molecule has 1 saturated heterocycles. The summed E-state index contributed by atoms with van der Waals surface area (Å²) < 4.78 is 2.24. The van der Waals surface area contributed by atoms with Crippen LogP contribution in [0, 0.1) is 13.8 Å². The predicted molar refractivity (Wildman–Crippen MR) is 109 cm³/mol. The molecule has 4 nitrogen and oxygen atoms in total. The molecule has 2 aromatic heterocycles. The highest BCUT2D eigenvalue weighted by molar-refractivity contribution is 7.80. The predicted octanol–water partition coefficient (Wildman–Crippen LogP) is 4.21. The van der Waals surface area contributed by atoms with Crippen molar-refractivity contribution in [1.29, 1.82) is 0 Å². The van der Waals surface area contributed by atoms with Crippen LogP contribution in [0.25, 0.3) is 0 Å². The summed E-state index contributed by atoms with van der Waals surface area (Å²) in [5.41, 5.74) is 5.75. The number of aromatic nitrogens is 2. The van der Waals surface area contributed by atoms with E-state index < -0.39 is 0 Å². The van der Waals surface area contributed by atoms with Crippen LogP contribution in [0.5, 0.6) is 0 Å². The van der Waals surface area contributed by atoms with Gasteiger partial charge in [0.15, 0.2) is 5.11 Å². The summed E-state index contributed by atoms with van der Waals surface area (Å²) in [6.45, 7) is 4.23. The molecule has 26 heavy (non-hydrogen) atoms. The Kier molecular flexibility index (Phi) is 4.24. The fourth-order valence-electron chi connectivity index (χ4n) is 3.64. The highest BCUT2D eigenvalue weighted by Gasteiger charge is 2.41. The standard InChI is InChI=1S/C21H22N4S/c1-14-7-6-8-16(13-14)25-20(18-11-10-15(2)24(18)3)19(23-21(25)26)17-9-4-5-12-22-17/h4-13,19-20H,1-3H3,(H,23,26)/t19-,20+/m0/s1. The van der Waals surface area contributed by atoms with E-state index in [0.29, 0.717) is 0 Å². The van der Waals surface area contributed by atoms with Gasteiger partial charge in [-0.1, -0.05) is 18.2 Å². The molecule has 3 heterocycles. The first-order valence-corrected chi connectivity index (χ1v) is 9.16. The largest absolute Gasteiger partial charge is 0.351 e. The van der Waals surface area contributed by atoms with Crippen LogP contribution in [0.3, 0.4) is 0 Å². The lowest BCUT2D eigenvalue weighted by atomic mass is 10.0. The van der Waals surface area contributed by atoms with Crippen LogP contribution in [0.1, 0.15) is 34.7 Å². The van der Waals surface area contributed by atoms with Gasteiger partial charge in [0, 0.05) is 30.3 Å². The lowest BCUT2D eigenvalue weighted by molar-refractivity contribution is 0.539. The summed E-state index contributed by atoms with van der Waals surface area (Å²) in [5, 5.41) is 4.24. The summed E-state index contributed by atoms with van der Waals surface area (Å²) in [4.78, 5) is 6.81. The molecule has 4 rings (SSSR count). The van der Waals surface area contributed by atoms with Crippen molar-refractivity contribution in [3.63, 3.8) is 0 Å². The Morgan fingerprint density at radius 1 is 1.04 bits per heavy atom. The van der Waals surface area contributed by atoms with Crippen LogP contribution in [0.4, 0.5) is 5.69 Å². The second kappa shape index (κ2) is 6.57. The molecule has 2 atom stereocenters. The Labute approximate surface area is 159 Å². The molecule has 0 unspecified atom stereocenters. The Hall–Kier alpha value is -2.66. The maximum atomic E-state index is 5.75. The topological polar surface area (TPSA) is 33.1 Å². The lowest BCUT2D eigenvalue weighted by Crippen LogP contribution is -2.30. The lowest BCUT2D eigenvalue weighted by Gasteiger charge is -2.28. The zero-order valence-corrected chi connectivity index (χ0v) is 16.0. The first-order valence-electron chi connectivity index (χ1n) is 8.76. The number of thiocarbonyl (C=S) groups is 1. The first kappa shape index (κ1) is 16.8. The van der Waals surface area contributed by atoms with E-state index in [1.165, 1.54) is 17.0 Å². The van der Waals surface area contributed by atoms with E-state index in [0.717, 1.165) is 16.5 Å². The minimum absolute atomic E-state index is 0.00258. The summed E-state index contributed by atoms with van der Waals surface area (Å²) in [6, 6.07) is 18.9. The zero-order valence-electron chi connectivity index (χ0n) is 15.2. The average molecular weight is 363 g/mol. The number of anilines is 1. The second-order valence-electron chi connectivity index (χ2n) is 6.79. The second-order valence-corrected chi connectivity index (χ2v) is 7.18. The maximum Gasteiger partial charge on any atom is 0.174 e. The van der Waals surface area contributed by atoms with Gasteiger partial charge in [0.25, 0.3) is 0 Å². The number of rotatable bonds is 3. The zero-order chi connectivity index (χ0) is 18.3. The third kappa shape index (κ3) is 2.78. The number of aryl methyl sites for hydroxylation is 2. The van der Waals surface area contributed by atoms with E-state index in [1.54, 1.807) is 0 Å². The maximum absolute atomic E-state index is 5.75. The molecule has 0 bridgehead atoms. The minimum atomic E-state index is -0.00258. The van der Waals surface area contributed by atoms with Crippen LogP contribution in [-0.2, 0) is 7.05 Å². The Morgan fingerprint density at radius 3 is 2.54 bits per heavy atom. The molecule has 1 N–H and O–H groups in total. The van der Waals surface area contributed by atoms with Gasteiger partial charge in [-0.05, 0) is 68.0 Å². The molecule has 0 spiro atoms. The number of benzene rings is 1. The van der Waals surface area contributed by atoms with Gasteiger partial charge in [0.05, 0.1) is 11.7 Å². The summed E-state index contributed by atoms with van der Waals surface area (Å²) >= 11 is 5.75. The van der Waals surface area contributed by atoms with Gasteiger partial charge in [-0.3, -0.25) is 4.98 Å². The van der Waals surface area contributed by atoms with Gasteiger partial charge in [-0.15, -0.1) is 0 Å². The van der Waals surface area contributed by atoms with Gasteiger partial charge in [-0.2, -0.15) is 0 Å². The molecule has 132 valence electrons. The van der Waals surface area contributed by atoms with Crippen molar-refractivity contribution in [2.24, 2.45) is 7.05 Å². The Balaban J connectivity index is 1.87. The van der Waals surface area contributed by atoms with Crippen LogP contribution < -0.4 is 10.2 Å². The monoisotopic (exact) mass is 362 g/mol. The summed E-state index contributed by atoms with van der Waals surface area (Å²) in [5.74, 6) is 0. The third-order valence-corrected chi connectivity index (χ3v) is 5.41. The van der Waals surface area contributed by atoms with Crippen LogP contribution in [0.2, 0.25) is 0 Å². The van der Waals surface area contributed by atoms with E-state index in [1.807, 2.05) is 18.3 Å². The van der Waals surface area contributed by atoms with E-state index in [9.17, 15) is 0 Å². The van der Waals surface area contributed by atoms with Crippen LogP contribution in [-0.4, -0.2) is 14.7 Å². The van der Waals surface area contributed by atoms with Crippen molar-refractivity contribution in [3.8, 4) is 0 Å². The smallest absolute Gasteiger partial charge is 0.174 e. The number of nitrogens with one attached hydrogen (secondary N) is 1. The van der Waals surface area contributed by atoms with Crippen molar-refractivity contribution in [2.45, 2.75) is 25.9 Å². The van der Waals surface area contributed by atoms with E-state index in [4.69, 9.17) is 12.2 Å². The molecule has 0 amide bonds. The fraction of sp³-hybridized carbons (Fsp3) is 0.238. The normalized spacial score (nSPS) is 19.7. The molecule has 1 fully saturated rings. The third-order valence-electron chi connectivity index (χ3n) is 5.09. The molecule has 0 aliphatic carbocycles. The van der Waals surface area contributed by atoms with Gasteiger partial charge < -0.3 is 14.8 Å². The van der Waals surface area contributed by atoms with Crippen molar-refractivity contribution < 1.29 is 0 Å². The van der Waals surface area contributed by atoms with Gasteiger partial charge in [-0.25, -0.2) is 0 Å². The SMILES string of the molecule is Cc1cccc(N2C(=S)N[C@@H](c3ccccn3)[C@H]2c2ccc(C)n2C)c1. The first-order chi connectivity index (χ1) is 12.6. The number of pyridine rings is 1. The Morgan fingerprint density at radius 2 is 1.88 bits per heavy atom. The fourth-order valence-corrected chi connectivity index (χ4v) is 3.99. The van der Waals surface area contributed by atoms with Gasteiger partial charge in [0.1, 0.15) is 6.04 Å². The molecule has 5 heteroatoms. The van der Waals surface area contributed by atoms with Gasteiger partial charge >= 0.3 is 0 Å². The quantitative estimate of drug-likeness (QED) is 0.708. The van der Waals surface area contributed by atoms with E-state index >= 15 is 0 Å². The summed E-state index contributed by atoms with van der Waals surface area (Å²) in [7, 11) is 2.11.